The van der Waals surface area contributed by atoms with Crippen molar-refractivity contribution in [1.82, 2.24) is 15.0 Å². The fourth-order valence-corrected chi connectivity index (χ4v) is 1.94. The maximum Gasteiger partial charge on any atom is 0.272 e. The summed E-state index contributed by atoms with van der Waals surface area (Å²) in [6, 6.07) is 16.1. The average Bonchev–Trinajstić information content (AvgIpc) is 3.04. The first-order valence-electron chi connectivity index (χ1n) is 6.71. The van der Waals surface area contributed by atoms with Gasteiger partial charge in [-0.3, -0.25) is 4.79 Å². The van der Waals surface area contributed by atoms with Crippen LogP contribution in [0, 0.1) is 0 Å². The molecule has 0 aliphatic heterocycles. The Morgan fingerprint density at radius 1 is 1.05 bits per heavy atom. The number of aromatic hydroxyl groups is 1. The molecule has 5 nitrogen and oxygen atoms in total. The van der Waals surface area contributed by atoms with Gasteiger partial charge in [0.1, 0.15) is 11.4 Å². The van der Waals surface area contributed by atoms with Crippen LogP contribution >= 0.6 is 0 Å². The summed E-state index contributed by atoms with van der Waals surface area (Å²) in [4.78, 5) is 12.1. The third-order valence-electron chi connectivity index (χ3n) is 3.10. The van der Waals surface area contributed by atoms with Crippen LogP contribution in [0.4, 0.5) is 0 Å². The molecule has 0 aliphatic rings. The quantitative estimate of drug-likeness (QED) is 0.753. The molecule has 0 fully saturated rings. The van der Waals surface area contributed by atoms with E-state index in [2.05, 4.69) is 10.3 Å². The molecule has 3 rings (SSSR count). The van der Waals surface area contributed by atoms with Crippen molar-refractivity contribution in [3.8, 4) is 17.0 Å². The number of carbonyl (C=O) groups excluding carboxylic acids is 1. The lowest BCUT2D eigenvalue weighted by Gasteiger charge is -1.95. The largest absolute Gasteiger partial charge is 0.508 e. The van der Waals surface area contributed by atoms with E-state index >= 15 is 0 Å². The molecular weight excluding hydrogens is 278 g/mol. The third kappa shape index (κ3) is 3.09. The smallest absolute Gasteiger partial charge is 0.272 e. The molecule has 0 spiro atoms. The van der Waals surface area contributed by atoms with Crippen LogP contribution in [0.1, 0.15) is 10.4 Å². The highest BCUT2D eigenvalue weighted by atomic mass is 16.3. The van der Waals surface area contributed by atoms with E-state index in [0.29, 0.717) is 5.69 Å². The minimum Gasteiger partial charge on any atom is -0.508 e. The molecule has 1 heterocycles. The number of hydrogen-bond acceptors (Lipinski definition) is 4. The highest BCUT2D eigenvalue weighted by Gasteiger charge is 2.07. The van der Waals surface area contributed by atoms with Gasteiger partial charge in [-0.1, -0.05) is 35.5 Å². The van der Waals surface area contributed by atoms with E-state index in [1.807, 2.05) is 30.3 Å². The van der Waals surface area contributed by atoms with Crippen LogP contribution in [0.5, 0.6) is 5.75 Å². The zero-order valence-corrected chi connectivity index (χ0v) is 11.6. The Morgan fingerprint density at radius 2 is 1.77 bits per heavy atom. The van der Waals surface area contributed by atoms with E-state index < -0.39 is 0 Å². The van der Waals surface area contributed by atoms with Gasteiger partial charge in [0, 0.05) is 11.6 Å². The molecule has 22 heavy (non-hydrogen) atoms. The zero-order chi connectivity index (χ0) is 15.4. The van der Waals surface area contributed by atoms with Crippen molar-refractivity contribution in [1.29, 1.82) is 0 Å². The lowest BCUT2D eigenvalue weighted by Crippen LogP contribution is -2.07. The Kier molecular flexibility index (Phi) is 3.78. The highest BCUT2D eigenvalue weighted by molar-refractivity contribution is 5.93. The van der Waals surface area contributed by atoms with Gasteiger partial charge in [-0.05, 0) is 35.9 Å². The number of nitrogens with zero attached hydrogens (tertiary/aromatic N) is 3. The number of rotatable bonds is 3. The van der Waals surface area contributed by atoms with Crippen molar-refractivity contribution in [2.45, 2.75) is 0 Å². The molecule has 0 unspecified atom stereocenters. The van der Waals surface area contributed by atoms with Crippen molar-refractivity contribution in [3.05, 3.63) is 72.4 Å². The molecule has 0 atom stereocenters. The minimum atomic E-state index is -0.276. The summed E-state index contributed by atoms with van der Waals surface area (Å²) in [5.74, 6) is -0.0978. The van der Waals surface area contributed by atoms with Crippen LogP contribution in [0.25, 0.3) is 17.3 Å². The molecule has 0 amide bonds. The number of phenolic OH excluding ortho intramolecular Hbond substituents is 1. The van der Waals surface area contributed by atoms with E-state index in [1.54, 1.807) is 36.5 Å². The van der Waals surface area contributed by atoms with Gasteiger partial charge in [-0.2, -0.15) is 4.68 Å². The Balaban J connectivity index is 1.77. The molecule has 0 saturated heterocycles. The number of carbonyl (C=O) groups is 1. The Labute approximate surface area is 127 Å². The average molecular weight is 291 g/mol. The molecule has 108 valence electrons. The van der Waals surface area contributed by atoms with Crippen LogP contribution in [0.2, 0.25) is 0 Å². The lowest BCUT2D eigenvalue weighted by molar-refractivity contribution is 0.0953. The van der Waals surface area contributed by atoms with E-state index in [1.165, 1.54) is 10.8 Å². The van der Waals surface area contributed by atoms with Gasteiger partial charge in [0.15, 0.2) is 0 Å². The fraction of sp³-hybridized carbons (Fsp3) is 0. The Hall–Kier alpha value is -3.21. The van der Waals surface area contributed by atoms with E-state index in [-0.39, 0.29) is 11.7 Å². The van der Waals surface area contributed by atoms with Crippen LogP contribution in [-0.4, -0.2) is 26.0 Å². The molecule has 0 bridgehead atoms. The minimum absolute atomic E-state index is 0.179. The third-order valence-corrected chi connectivity index (χ3v) is 3.10. The SMILES string of the molecule is O=C(C=Cc1ccccc1)n1cc(-c2ccc(O)cc2)nn1. The summed E-state index contributed by atoms with van der Waals surface area (Å²) in [7, 11) is 0. The van der Waals surface area contributed by atoms with Crippen LogP contribution < -0.4 is 0 Å². The lowest BCUT2D eigenvalue weighted by atomic mass is 10.2. The second kappa shape index (κ2) is 6.05. The zero-order valence-electron chi connectivity index (χ0n) is 11.6. The molecule has 0 saturated carbocycles. The first kappa shape index (κ1) is 13.8. The van der Waals surface area contributed by atoms with Gasteiger partial charge in [0.2, 0.25) is 0 Å². The van der Waals surface area contributed by atoms with Crippen LogP contribution in [0.3, 0.4) is 0 Å². The summed E-state index contributed by atoms with van der Waals surface area (Å²) in [6.07, 6.45) is 4.74. The number of aromatic nitrogens is 3. The first-order valence-corrected chi connectivity index (χ1v) is 6.71. The van der Waals surface area contributed by atoms with Crippen LogP contribution in [-0.2, 0) is 0 Å². The molecule has 5 heteroatoms. The van der Waals surface area contributed by atoms with Gasteiger partial charge in [0.05, 0.1) is 6.20 Å². The topological polar surface area (TPSA) is 68.0 Å². The summed E-state index contributed by atoms with van der Waals surface area (Å²) >= 11 is 0. The van der Waals surface area contributed by atoms with Gasteiger partial charge < -0.3 is 5.11 Å². The van der Waals surface area contributed by atoms with E-state index in [0.717, 1.165) is 11.1 Å². The predicted octanol–water partition coefficient (Wildman–Crippen LogP) is 3.00. The van der Waals surface area contributed by atoms with Crippen molar-refractivity contribution in [3.63, 3.8) is 0 Å². The second-order valence-electron chi connectivity index (χ2n) is 4.68. The second-order valence-corrected chi connectivity index (χ2v) is 4.68. The maximum absolute atomic E-state index is 12.1. The normalized spacial score (nSPS) is 10.9. The van der Waals surface area contributed by atoms with Crippen molar-refractivity contribution >= 4 is 12.0 Å². The van der Waals surface area contributed by atoms with E-state index in [9.17, 15) is 9.90 Å². The monoisotopic (exact) mass is 291 g/mol. The van der Waals surface area contributed by atoms with Gasteiger partial charge in [-0.25, -0.2) is 0 Å². The summed E-state index contributed by atoms with van der Waals surface area (Å²) < 4.78 is 1.18. The standard InChI is InChI=1S/C17H13N3O2/c21-15-9-7-14(8-10-15)16-12-20(19-18-16)17(22)11-6-13-4-2-1-3-5-13/h1-12,21H. The van der Waals surface area contributed by atoms with Crippen molar-refractivity contribution in [2.75, 3.05) is 0 Å². The Bertz CT molecular complexity index is 805. The highest BCUT2D eigenvalue weighted by Crippen LogP contribution is 2.19. The number of benzene rings is 2. The molecule has 2 aromatic carbocycles. The molecule has 1 N–H and O–H groups in total. The van der Waals surface area contributed by atoms with Crippen molar-refractivity contribution in [2.24, 2.45) is 0 Å². The number of phenols is 1. The fourth-order valence-electron chi connectivity index (χ4n) is 1.94. The van der Waals surface area contributed by atoms with Gasteiger partial charge >= 0.3 is 0 Å². The van der Waals surface area contributed by atoms with Gasteiger partial charge in [0.25, 0.3) is 5.91 Å². The summed E-state index contributed by atoms with van der Waals surface area (Å²) in [6.45, 7) is 0. The molecular formula is C17H13N3O2. The van der Waals surface area contributed by atoms with Crippen molar-refractivity contribution < 1.29 is 9.90 Å². The van der Waals surface area contributed by atoms with Crippen LogP contribution in [0.15, 0.2) is 66.9 Å². The molecule has 1 aromatic heterocycles. The maximum atomic E-state index is 12.1. The van der Waals surface area contributed by atoms with E-state index in [4.69, 9.17) is 0 Å². The molecule has 0 radical (unpaired) electrons. The first-order chi connectivity index (χ1) is 10.7. The summed E-state index contributed by atoms with van der Waals surface area (Å²) in [5.41, 5.74) is 2.29. The predicted molar refractivity (Wildman–Crippen MR) is 83.2 cm³/mol. The number of allylic oxidation sites excluding steroid dienone is 1. The van der Waals surface area contributed by atoms with Gasteiger partial charge in [-0.15, -0.1) is 5.10 Å². The molecule has 0 aliphatic carbocycles. The summed E-state index contributed by atoms with van der Waals surface area (Å²) in [5, 5.41) is 17.1. The number of hydrogen-bond donors (Lipinski definition) is 1. The molecule has 3 aromatic rings. The Morgan fingerprint density at radius 3 is 2.50 bits per heavy atom.